The third-order valence-corrected chi connectivity index (χ3v) is 5.50. The Labute approximate surface area is 112 Å². The number of hydrogen-bond acceptors (Lipinski definition) is 4. The molecule has 2 rings (SSSR count). The van der Waals surface area contributed by atoms with E-state index in [9.17, 15) is 8.42 Å². The Kier molecular flexibility index (Phi) is 3.84. The van der Waals surface area contributed by atoms with E-state index in [4.69, 9.17) is 17.3 Å². The zero-order valence-electron chi connectivity index (χ0n) is 10.0. The largest absolute Gasteiger partial charge is 0.376 e. The summed E-state index contributed by atoms with van der Waals surface area (Å²) in [5, 5.41) is 3.81. The van der Waals surface area contributed by atoms with Gasteiger partial charge in [0.1, 0.15) is 0 Å². The van der Waals surface area contributed by atoms with Crippen LogP contribution < -0.4 is 11.1 Å². The summed E-state index contributed by atoms with van der Waals surface area (Å²) >= 11 is 6.08. The number of benzene rings is 1. The molecule has 0 aliphatic carbocycles. The summed E-state index contributed by atoms with van der Waals surface area (Å²) in [5.41, 5.74) is 5.93. The fourth-order valence-electron chi connectivity index (χ4n) is 2.35. The molecule has 18 heavy (non-hydrogen) atoms. The lowest BCUT2D eigenvalue weighted by Gasteiger charge is -2.37. The molecule has 0 radical (unpaired) electrons. The van der Waals surface area contributed by atoms with Crippen LogP contribution in [-0.2, 0) is 9.84 Å². The van der Waals surface area contributed by atoms with Crippen molar-refractivity contribution in [3.63, 3.8) is 0 Å². The van der Waals surface area contributed by atoms with Gasteiger partial charge in [0, 0.05) is 6.54 Å². The van der Waals surface area contributed by atoms with Gasteiger partial charge in [-0.3, -0.25) is 0 Å². The Bertz CT molecular complexity index is 533. The van der Waals surface area contributed by atoms with Crippen LogP contribution in [0.3, 0.4) is 0 Å². The lowest BCUT2D eigenvalue weighted by molar-refractivity contribution is 0.450. The van der Waals surface area contributed by atoms with Crippen LogP contribution >= 0.6 is 11.6 Å². The highest BCUT2D eigenvalue weighted by molar-refractivity contribution is 7.91. The molecule has 1 aliphatic heterocycles. The van der Waals surface area contributed by atoms with E-state index in [0.717, 1.165) is 12.1 Å². The molecule has 1 unspecified atom stereocenters. The third-order valence-electron chi connectivity index (χ3n) is 3.27. The van der Waals surface area contributed by atoms with Crippen molar-refractivity contribution >= 4 is 27.1 Å². The normalized spacial score (nSPS) is 26.8. The molecule has 1 aromatic rings. The van der Waals surface area contributed by atoms with Crippen molar-refractivity contribution in [3.8, 4) is 0 Å². The van der Waals surface area contributed by atoms with Crippen molar-refractivity contribution in [3.05, 3.63) is 29.3 Å². The van der Waals surface area contributed by atoms with Crippen LogP contribution in [0.1, 0.15) is 12.8 Å². The van der Waals surface area contributed by atoms with E-state index in [-0.39, 0.29) is 18.1 Å². The highest BCUT2D eigenvalue weighted by Gasteiger charge is 2.38. The van der Waals surface area contributed by atoms with Crippen LogP contribution in [-0.4, -0.2) is 32.0 Å². The average molecular weight is 289 g/mol. The SMILES string of the molecule is NCC1(Nc2ccccc2Cl)CCCS(=O)(=O)C1. The molecule has 4 nitrogen and oxygen atoms in total. The van der Waals surface area contributed by atoms with Gasteiger partial charge in [-0.05, 0) is 25.0 Å². The van der Waals surface area contributed by atoms with E-state index in [0.29, 0.717) is 11.4 Å². The summed E-state index contributed by atoms with van der Waals surface area (Å²) < 4.78 is 23.5. The molecule has 3 N–H and O–H groups in total. The Balaban J connectivity index is 2.26. The lowest BCUT2D eigenvalue weighted by Crippen LogP contribution is -2.54. The van der Waals surface area contributed by atoms with Gasteiger partial charge in [0.15, 0.2) is 9.84 Å². The number of nitrogens with one attached hydrogen (secondary N) is 1. The summed E-state index contributed by atoms with van der Waals surface area (Å²) in [6.45, 7) is 0.275. The average Bonchev–Trinajstić information content (AvgIpc) is 2.31. The molecule has 0 amide bonds. The molecular weight excluding hydrogens is 272 g/mol. The first-order chi connectivity index (χ1) is 8.46. The van der Waals surface area contributed by atoms with E-state index < -0.39 is 15.4 Å². The Morgan fingerprint density at radius 2 is 2.11 bits per heavy atom. The molecule has 0 aromatic heterocycles. The molecule has 1 aliphatic rings. The summed E-state index contributed by atoms with van der Waals surface area (Å²) in [5.74, 6) is 0.320. The molecule has 0 bridgehead atoms. The maximum Gasteiger partial charge on any atom is 0.152 e. The number of rotatable bonds is 3. The van der Waals surface area contributed by atoms with Crippen LogP contribution in [0.25, 0.3) is 0 Å². The molecule has 100 valence electrons. The minimum Gasteiger partial charge on any atom is -0.376 e. The number of halogens is 1. The zero-order valence-corrected chi connectivity index (χ0v) is 11.6. The maximum atomic E-state index is 11.8. The predicted octanol–water partition coefficient (Wildman–Crippen LogP) is 1.66. The quantitative estimate of drug-likeness (QED) is 0.887. The van der Waals surface area contributed by atoms with Gasteiger partial charge >= 0.3 is 0 Å². The van der Waals surface area contributed by atoms with Crippen LogP contribution in [0.2, 0.25) is 5.02 Å². The second kappa shape index (κ2) is 5.07. The molecule has 0 saturated carbocycles. The van der Waals surface area contributed by atoms with Gasteiger partial charge in [0.05, 0.1) is 27.8 Å². The van der Waals surface area contributed by atoms with Crippen LogP contribution in [0.15, 0.2) is 24.3 Å². The predicted molar refractivity (Wildman–Crippen MR) is 74.7 cm³/mol. The molecule has 6 heteroatoms. The first kappa shape index (κ1) is 13.6. The molecule has 1 atom stereocenters. The van der Waals surface area contributed by atoms with Gasteiger partial charge in [-0.1, -0.05) is 23.7 Å². The van der Waals surface area contributed by atoms with Gasteiger partial charge in [-0.2, -0.15) is 0 Å². The van der Waals surface area contributed by atoms with Crippen molar-refractivity contribution in [2.45, 2.75) is 18.4 Å². The summed E-state index contributed by atoms with van der Waals surface area (Å²) in [4.78, 5) is 0. The third kappa shape index (κ3) is 2.96. The minimum absolute atomic E-state index is 0.0712. The molecule has 1 saturated heterocycles. The Morgan fingerprint density at radius 3 is 2.72 bits per heavy atom. The van der Waals surface area contributed by atoms with E-state index in [1.807, 2.05) is 18.2 Å². The summed E-state index contributed by atoms with van der Waals surface area (Å²) in [6, 6.07) is 7.29. The van der Waals surface area contributed by atoms with Gasteiger partial charge in [-0.15, -0.1) is 0 Å². The second-order valence-corrected chi connectivity index (χ2v) is 7.38. The molecular formula is C12H17ClN2O2S. The van der Waals surface area contributed by atoms with Crippen molar-refractivity contribution in [1.82, 2.24) is 0 Å². The highest BCUT2D eigenvalue weighted by atomic mass is 35.5. The maximum absolute atomic E-state index is 11.8. The van der Waals surface area contributed by atoms with Crippen molar-refractivity contribution in [2.75, 3.05) is 23.4 Å². The van der Waals surface area contributed by atoms with Crippen molar-refractivity contribution < 1.29 is 8.42 Å². The summed E-state index contributed by atoms with van der Waals surface area (Å²) in [6.07, 6.45) is 1.38. The Morgan fingerprint density at radius 1 is 1.39 bits per heavy atom. The molecule has 1 heterocycles. The van der Waals surface area contributed by atoms with E-state index in [2.05, 4.69) is 5.32 Å². The van der Waals surface area contributed by atoms with Gasteiger partial charge in [0.25, 0.3) is 0 Å². The first-order valence-electron chi connectivity index (χ1n) is 5.90. The fraction of sp³-hybridized carbons (Fsp3) is 0.500. The highest BCUT2D eigenvalue weighted by Crippen LogP contribution is 2.30. The van der Waals surface area contributed by atoms with E-state index >= 15 is 0 Å². The first-order valence-corrected chi connectivity index (χ1v) is 8.10. The van der Waals surface area contributed by atoms with E-state index in [1.165, 1.54) is 0 Å². The lowest BCUT2D eigenvalue weighted by atomic mass is 9.95. The zero-order chi connectivity index (χ0) is 13.2. The van der Waals surface area contributed by atoms with Gasteiger partial charge < -0.3 is 11.1 Å². The number of sulfone groups is 1. The standard InChI is InChI=1S/C12H17ClN2O2S/c13-10-4-1-2-5-11(10)15-12(8-14)6-3-7-18(16,17)9-12/h1-2,4-5,15H,3,6-9,14H2. The number of para-hydroxylation sites is 1. The smallest absolute Gasteiger partial charge is 0.152 e. The van der Waals surface area contributed by atoms with Crippen LogP contribution in [0.5, 0.6) is 0 Å². The minimum atomic E-state index is -3.02. The topological polar surface area (TPSA) is 72.2 Å². The molecule has 1 fully saturated rings. The fourth-order valence-corrected chi connectivity index (χ4v) is 4.44. The van der Waals surface area contributed by atoms with Gasteiger partial charge in [-0.25, -0.2) is 8.42 Å². The number of anilines is 1. The Hall–Kier alpha value is -0.780. The van der Waals surface area contributed by atoms with Crippen molar-refractivity contribution in [2.24, 2.45) is 5.73 Å². The number of nitrogens with two attached hydrogens (primary N) is 1. The van der Waals surface area contributed by atoms with Gasteiger partial charge in [0.2, 0.25) is 0 Å². The van der Waals surface area contributed by atoms with Crippen LogP contribution in [0, 0.1) is 0 Å². The second-order valence-electron chi connectivity index (χ2n) is 4.78. The number of hydrogen-bond donors (Lipinski definition) is 2. The van der Waals surface area contributed by atoms with E-state index in [1.54, 1.807) is 6.07 Å². The van der Waals surface area contributed by atoms with Crippen LogP contribution in [0.4, 0.5) is 5.69 Å². The van der Waals surface area contributed by atoms with Crippen molar-refractivity contribution in [1.29, 1.82) is 0 Å². The molecule has 1 aromatic carbocycles. The monoisotopic (exact) mass is 288 g/mol. The molecule has 0 spiro atoms. The summed E-state index contributed by atoms with van der Waals surface area (Å²) in [7, 11) is -3.02.